The second kappa shape index (κ2) is 3.77. The molecule has 0 unspecified atom stereocenters. The van der Waals surface area contributed by atoms with Crippen LogP contribution in [0.5, 0.6) is 0 Å². The Kier molecular flexibility index (Phi) is 2.66. The first-order valence-corrected chi connectivity index (χ1v) is 6.08. The Morgan fingerprint density at radius 2 is 2.46 bits per heavy atom. The van der Waals surface area contributed by atoms with Crippen LogP contribution < -0.4 is 0 Å². The predicted octanol–water partition coefficient (Wildman–Crippen LogP) is 2.22. The summed E-state index contributed by atoms with van der Waals surface area (Å²) < 4.78 is 0.707. The smallest absolute Gasteiger partial charge is 0.269 e. The van der Waals surface area contributed by atoms with Gasteiger partial charge in [0.05, 0.1) is 4.88 Å². The molecular weight excluding hydrogens is 222 g/mol. The third-order valence-corrected chi connectivity index (χ3v) is 4.02. The number of thioether (sulfide) groups is 1. The normalized spacial score (nSPS) is 16.6. The third kappa shape index (κ3) is 1.77. The summed E-state index contributed by atoms with van der Waals surface area (Å²) in [4.78, 5) is 14.2. The summed E-state index contributed by atoms with van der Waals surface area (Å²) in [5, 5.41) is 1.90. The standard InChI is InChI=1S/C8H7NOS3/c10-7(6-2-1-4-12-6)9-3-5-13-8(9)11/h1-2,4H,3,5H2. The van der Waals surface area contributed by atoms with Gasteiger partial charge in [0.15, 0.2) is 0 Å². The zero-order valence-electron chi connectivity index (χ0n) is 6.73. The van der Waals surface area contributed by atoms with E-state index >= 15 is 0 Å². The van der Waals surface area contributed by atoms with Gasteiger partial charge in [-0.2, -0.15) is 0 Å². The van der Waals surface area contributed by atoms with Gasteiger partial charge in [-0.05, 0) is 11.4 Å². The quantitative estimate of drug-likeness (QED) is 0.689. The number of carbonyl (C=O) groups excluding carboxylic acids is 1. The highest BCUT2D eigenvalue weighted by atomic mass is 32.2. The zero-order valence-corrected chi connectivity index (χ0v) is 9.18. The maximum absolute atomic E-state index is 11.8. The van der Waals surface area contributed by atoms with Gasteiger partial charge in [-0.25, -0.2) is 0 Å². The Morgan fingerprint density at radius 1 is 1.62 bits per heavy atom. The van der Waals surface area contributed by atoms with E-state index in [1.807, 2.05) is 17.5 Å². The largest absolute Gasteiger partial charge is 0.292 e. The number of hydrogen-bond acceptors (Lipinski definition) is 4. The molecule has 13 heavy (non-hydrogen) atoms. The van der Waals surface area contributed by atoms with E-state index in [2.05, 4.69) is 0 Å². The van der Waals surface area contributed by atoms with E-state index in [9.17, 15) is 4.79 Å². The van der Waals surface area contributed by atoms with Crippen molar-refractivity contribution in [1.29, 1.82) is 0 Å². The lowest BCUT2D eigenvalue weighted by Crippen LogP contribution is -2.29. The summed E-state index contributed by atoms with van der Waals surface area (Å²) in [6.07, 6.45) is 0. The van der Waals surface area contributed by atoms with Crippen molar-refractivity contribution >= 4 is 45.5 Å². The molecule has 1 aliphatic heterocycles. The van der Waals surface area contributed by atoms with E-state index in [-0.39, 0.29) is 5.91 Å². The monoisotopic (exact) mass is 229 g/mol. The molecule has 5 heteroatoms. The van der Waals surface area contributed by atoms with Gasteiger partial charge in [-0.3, -0.25) is 9.69 Å². The molecule has 0 bridgehead atoms. The van der Waals surface area contributed by atoms with Gasteiger partial charge in [0.1, 0.15) is 4.32 Å². The summed E-state index contributed by atoms with van der Waals surface area (Å²) in [5.41, 5.74) is 0. The Morgan fingerprint density at radius 3 is 3.00 bits per heavy atom. The Hall–Kier alpha value is -0.390. The molecule has 1 aromatic heterocycles. The first-order chi connectivity index (χ1) is 6.29. The van der Waals surface area contributed by atoms with E-state index in [1.165, 1.54) is 11.3 Å². The SMILES string of the molecule is O=C(c1cccs1)N1CCSC1=S. The third-order valence-electron chi connectivity index (χ3n) is 1.74. The molecule has 0 aliphatic carbocycles. The first-order valence-electron chi connectivity index (χ1n) is 3.81. The highest BCUT2D eigenvalue weighted by Crippen LogP contribution is 2.21. The predicted molar refractivity (Wildman–Crippen MR) is 60.4 cm³/mol. The number of rotatable bonds is 1. The molecule has 1 aliphatic rings. The van der Waals surface area contributed by atoms with Crippen molar-refractivity contribution in [1.82, 2.24) is 4.90 Å². The van der Waals surface area contributed by atoms with Crippen molar-refractivity contribution in [2.24, 2.45) is 0 Å². The number of amides is 1. The van der Waals surface area contributed by atoms with Crippen LogP contribution in [0, 0.1) is 0 Å². The molecule has 0 saturated carbocycles. The van der Waals surface area contributed by atoms with Gasteiger partial charge in [-0.15, -0.1) is 11.3 Å². The molecule has 1 amide bonds. The van der Waals surface area contributed by atoms with Gasteiger partial charge < -0.3 is 0 Å². The van der Waals surface area contributed by atoms with Gasteiger partial charge in [0.2, 0.25) is 0 Å². The molecule has 1 fully saturated rings. The Balaban J connectivity index is 2.18. The van der Waals surface area contributed by atoms with E-state index in [4.69, 9.17) is 12.2 Å². The lowest BCUT2D eigenvalue weighted by molar-refractivity contribution is 0.0866. The summed E-state index contributed by atoms with van der Waals surface area (Å²) in [6, 6.07) is 3.71. The van der Waals surface area contributed by atoms with Crippen molar-refractivity contribution in [2.75, 3.05) is 12.3 Å². The molecule has 68 valence electrons. The van der Waals surface area contributed by atoms with Crippen molar-refractivity contribution < 1.29 is 4.79 Å². The summed E-state index contributed by atoms with van der Waals surface area (Å²) in [5.74, 6) is 0.973. The molecule has 0 aromatic carbocycles. The highest BCUT2D eigenvalue weighted by molar-refractivity contribution is 8.23. The van der Waals surface area contributed by atoms with E-state index < -0.39 is 0 Å². The van der Waals surface area contributed by atoms with Crippen LogP contribution >= 0.6 is 35.3 Å². The molecule has 0 spiro atoms. The number of hydrogen-bond donors (Lipinski definition) is 0. The zero-order chi connectivity index (χ0) is 9.26. The molecule has 2 heterocycles. The topological polar surface area (TPSA) is 20.3 Å². The van der Waals surface area contributed by atoms with Crippen molar-refractivity contribution in [3.05, 3.63) is 22.4 Å². The molecule has 0 atom stereocenters. The minimum absolute atomic E-state index is 0.0463. The molecule has 1 saturated heterocycles. The van der Waals surface area contributed by atoms with Gasteiger partial charge in [0.25, 0.3) is 5.91 Å². The Labute approximate surface area is 89.9 Å². The van der Waals surface area contributed by atoms with Crippen molar-refractivity contribution in [3.63, 3.8) is 0 Å². The van der Waals surface area contributed by atoms with E-state index in [0.29, 0.717) is 4.32 Å². The molecular formula is C8H7NOS3. The van der Waals surface area contributed by atoms with Crippen LogP contribution in [0.15, 0.2) is 17.5 Å². The lowest BCUT2D eigenvalue weighted by Gasteiger charge is -2.12. The van der Waals surface area contributed by atoms with Crippen LogP contribution in [0.1, 0.15) is 9.67 Å². The van der Waals surface area contributed by atoms with Gasteiger partial charge in [-0.1, -0.05) is 30.0 Å². The average Bonchev–Trinajstić information content (AvgIpc) is 2.72. The fourth-order valence-electron chi connectivity index (χ4n) is 1.11. The van der Waals surface area contributed by atoms with Crippen molar-refractivity contribution in [2.45, 2.75) is 0 Å². The number of nitrogens with zero attached hydrogens (tertiary/aromatic N) is 1. The van der Waals surface area contributed by atoms with Crippen LogP contribution in [0.25, 0.3) is 0 Å². The van der Waals surface area contributed by atoms with Crippen LogP contribution in [0.4, 0.5) is 0 Å². The average molecular weight is 229 g/mol. The fraction of sp³-hybridized carbons (Fsp3) is 0.250. The minimum Gasteiger partial charge on any atom is -0.292 e. The Bertz CT molecular complexity index is 333. The molecule has 1 aromatic rings. The minimum atomic E-state index is 0.0463. The summed E-state index contributed by atoms with van der Waals surface area (Å²) in [6.45, 7) is 0.750. The van der Waals surface area contributed by atoms with Crippen LogP contribution in [-0.4, -0.2) is 27.4 Å². The maximum Gasteiger partial charge on any atom is 0.269 e. The van der Waals surface area contributed by atoms with Gasteiger partial charge >= 0.3 is 0 Å². The van der Waals surface area contributed by atoms with E-state index in [1.54, 1.807) is 16.7 Å². The fourth-order valence-corrected chi connectivity index (χ4v) is 2.99. The molecule has 2 nitrogen and oxygen atoms in total. The number of thiocarbonyl (C=S) groups is 1. The van der Waals surface area contributed by atoms with Gasteiger partial charge in [0, 0.05) is 12.3 Å². The first kappa shape index (κ1) is 9.18. The van der Waals surface area contributed by atoms with Crippen LogP contribution in [0.3, 0.4) is 0 Å². The maximum atomic E-state index is 11.8. The van der Waals surface area contributed by atoms with Crippen molar-refractivity contribution in [3.8, 4) is 0 Å². The second-order valence-electron chi connectivity index (χ2n) is 2.55. The highest BCUT2D eigenvalue weighted by Gasteiger charge is 2.25. The number of thiophene rings is 1. The number of carbonyl (C=O) groups is 1. The lowest BCUT2D eigenvalue weighted by atomic mass is 10.4. The molecule has 0 N–H and O–H groups in total. The molecule has 0 radical (unpaired) electrons. The van der Waals surface area contributed by atoms with Crippen LogP contribution in [0.2, 0.25) is 0 Å². The summed E-state index contributed by atoms with van der Waals surface area (Å²) in [7, 11) is 0. The second-order valence-corrected chi connectivity index (χ2v) is 5.22. The van der Waals surface area contributed by atoms with E-state index in [0.717, 1.165) is 17.2 Å². The summed E-state index contributed by atoms with van der Waals surface area (Å²) >= 11 is 8.10. The molecule has 2 rings (SSSR count). The van der Waals surface area contributed by atoms with Crippen LogP contribution in [-0.2, 0) is 0 Å².